The van der Waals surface area contributed by atoms with Crippen LogP contribution in [0.1, 0.15) is 27.2 Å². The number of carbonyl (C=O) groups excluding carboxylic acids is 1. The second-order valence-corrected chi connectivity index (χ2v) is 8.65. The van der Waals surface area contributed by atoms with Crippen LogP contribution in [-0.2, 0) is 9.22 Å². The summed E-state index contributed by atoms with van der Waals surface area (Å²) >= 11 is 3.90. The van der Waals surface area contributed by atoms with Crippen LogP contribution in [0, 0.1) is 0 Å². The van der Waals surface area contributed by atoms with E-state index in [2.05, 4.69) is 25.7 Å². The zero-order chi connectivity index (χ0) is 10.6. The maximum Gasteiger partial charge on any atom is 0.198 e. The van der Waals surface area contributed by atoms with Crippen LogP contribution < -0.4 is 0 Å². The summed E-state index contributed by atoms with van der Waals surface area (Å²) < 4.78 is 5.82. The lowest BCUT2D eigenvalue weighted by molar-refractivity contribution is -0.111. The van der Waals surface area contributed by atoms with E-state index in [-0.39, 0.29) is 16.8 Å². The Kier molecular flexibility index (Phi) is 5.25. The van der Waals surface area contributed by atoms with Crippen molar-refractivity contribution in [3.05, 3.63) is 0 Å². The molecule has 0 saturated carbocycles. The maximum atomic E-state index is 11.2. The van der Waals surface area contributed by atoms with Gasteiger partial charge in [-0.2, -0.15) is 0 Å². The molecule has 2 nitrogen and oxygen atoms in total. The second-order valence-electron chi connectivity index (χ2n) is 4.07. The first kappa shape index (κ1) is 13.2. The van der Waals surface area contributed by atoms with E-state index in [0.29, 0.717) is 0 Å². The molecule has 4 heteroatoms. The van der Waals surface area contributed by atoms with Crippen molar-refractivity contribution in [2.45, 2.75) is 51.9 Å². The molecule has 13 heavy (non-hydrogen) atoms. The fourth-order valence-electron chi connectivity index (χ4n) is 1.65. The molecular formula is C9H20O2SSi. The van der Waals surface area contributed by atoms with Gasteiger partial charge in [-0.05, 0) is 33.4 Å². The van der Waals surface area contributed by atoms with E-state index in [9.17, 15) is 4.79 Å². The number of carbonyl (C=O) groups is 1. The minimum Gasteiger partial charge on any atom is -0.414 e. The van der Waals surface area contributed by atoms with Gasteiger partial charge in [-0.1, -0.05) is 6.92 Å². The van der Waals surface area contributed by atoms with Crippen LogP contribution in [0.5, 0.6) is 0 Å². The molecule has 1 atom stereocenters. The molecule has 1 unspecified atom stereocenters. The van der Waals surface area contributed by atoms with Crippen molar-refractivity contribution in [3.63, 3.8) is 0 Å². The van der Waals surface area contributed by atoms with Crippen LogP contribution in [0.2, 0.25) is 18.6 Å². The van der Waals surface area contributed by atoms with E-state index in [0.717, 1.165) is 6.42 Å². The summed E-state index contributed by atoms with van der Waals surface area (Å²) in [7, 11) is -1.88. The van der Waals surface area contributed by atoms with E-state index < -0.39 is 8.32 Å². The molecule has 0 spiro atoms. The molecule has 0 aliphatic carbocycles. The van der Waals surface area contributed by atoms with Crippen LogP contribution in [0.4, 0.5) is 0 Å². The van der Waals surface area contributed by atoms with Gasteiger partial charge in [0.2, 0.25) is 0 Å². The molecule has 0 heterocycles. The number of thiol groups is 1. The monoisotopic (exact) mass is 220 g/mol. The van der Waals surface area contributed by atoms with Crippen LogP contribution >= 0.6 is 12.6 Å². The summed E-state index contributed by atoms with van der Waals surface area (Å²) in [6.45, 7) is 10.2. The quantitative estimate of drug-likeness (QED) is 0.569. The third kappa shape index (κ3) is 4.29. The average molecular weight is 220 g/mol. The van der Waals surface area contributed by atoms with Crippen molar-refractivity contribution in [1.82, 2.24) is 0 Å². The SMILES string of the molecule is CCC(C(=O)S)[Si](C)(C)OC(C)C. The predicted octanol–water partition coefficient (Wildman–Crippen LogP) is 2.85. The van der Waals surface area contributed by atoms with Crippen molar-refractivity contribution in [1.29, 1.82) is 0 Å². The van der Waals surface area contributed by atoms with Gasteiger partial charge in [0, 0.05) is 11.6 Å². The van der Waals surface area contributed by atoms with E-state index in [1.807, 2.05) is 20.8 Å². The van der Waals surface area contributed by atoms with Gasteiger partial charge in [-0.15, -0.1) is 12.6 Å². The van der Waals surface area contributed by atoms with Gasteiger partial charge in [0.1, 0.15) is 0 Å². The molecule has 0 aliphatic heterocycles. The minimum absolute atomic E-state index is 0.0123. The Bertz CT molecular complexity index is 180. The van der Waals surface area contributed by atoms with E-state index in [4.69, 9.17) is 4.43 Å². The lowest BCUT2D eigenvalue weighted by atomic mass is 10.4. The average Bonchev–Trinajstić information content (AvgIpc) is 1.82. The van der Waals surface area contributed by atoms with Gasteiger partial charge in [0.05, 0.1) is 0 Å². The maximum absolute atomic E-state index is 11.2. The molecule has 0 fully saturated rings. The van der Waals surface area contributed by atoms with Gasteiger partial charge < -0.3 is 4.43 Å². The fourth-order valence-corrected chi connectivity index (χ4v) is 5.73. The highest BCUT2D eigenvalue weighted by molar-refractivity contribution is 7.97. The lowest BCUT2D eigenvalue weighted by Gasteiger charge is -2.31. The largest absolute Gasteiger partial charge is 0.414 e. The Balaban J connectivity index is 4.47. The highest BCUT2D eigenvalue weighted by Crippen LogP contribution is 2.29. The molecule has 0 saturated heterocycles. The molecule has 0 aromatic heterocycles. The molecule has 0 aliphatic rings. The first-order valence-corrected chi connectivity index (χ1v) is 8.15. The fraction of sp³-hybridized carbons (Fsp3) is 0.889. The Hall–Kier alpha value is 0.197. The number of rotatable bonds is 5. The zero-order valence-electron chi connectivity index (χ0n) is 9.13. The van der Waals surface area contributed by atoms with Crippen LogP contribution in [-0.4, -0.2) is 19.5 Å². The first-order chi connectivity index (χ1) is 5.81. The van der Waals surface area contributed by atoms with Crippen LogP contribution in [0.15, 0.2) is 0 Å². The standard InChI is InChI=1S/C9H20O2SSi/c1-6-8(9(10)12)13(4,5)11-7(2)3/h7-8H,6H2,1-5H3,(H,10,12). The van der Waals surface area contributed by atoms with Crippen molar-refractivity contribution in [2.75, 3.05) is 0 Å². The lowest BCUT2D eigenvalue weighted by Crippen LogP contribution is -2.41. The predicted molar refractivity (Wildman–Crippen MR) is 61.7 cm³/mol. The van der Waals surface area contributed by atoms with Crippen molar-refractivity contribution in [2.24, 2.45) is 0 Å². The van der Waals surface area contributed by atoms with Gasteiger partial charge in [-0.3, -0.25) is 4.79 Å². The highest BCUT2D eigenvalue weighted by atomic mass is 32.1. The van der Waals surface area contributed by atoms with E-state index in [1.165, 1.54) is 0 Å². The number of hydrogen-bond acceptors (Lipinski definition) is 2. The minimum atomic E-state index is -1.88. The summed E-state index contributed by atoms with van der Waals surface area (Å²) in [6.07, 6.45) is 1.03. The molecule has 0 rings (SSSR count). The summed E-state index contributed by atoms with van der Waals surface area (Å²) in [5, 5.41) is -0.0279. The third-order valence-corrected chi connectivity index (χ3v) is 6.07. The molecule has 0 aromatic carbocycles. The van der Waals surface area contributed by atoms with E-state index >= 15 is 0 Å². The van der Waals surface area contributed by atoms with Gasteiger partial charge in [0.15, 0.2) is 13.4 Å². The summed E-state index contributed by atoms with van der Waals surface area (Å²) in [6, 6.07) is 0. The Labute approximate surface area is 87.6 Å². The second kappa shape index (κ2) is 5.17. The summed E-state index contributed by atoms with van der Waals surface area (Å²) in [5.41, 5.74) is 0.0123. The molecular weight excluding hydrogens is 200 g/mol. The summed E-state index contributed by atoms with van der Waals surface area (Å²) in [5.74, 6) is 0. The van der Waals surface area contributed by atoms with Gasteiger partial charge >= 0.3 is 0 Å². The van der Waals surface area contributed by atoms with Gasteiger partial charge in [-0.25, -0.2) is 0 Å². The zero-order valence-corrected chi connectivity index (χ0v) is 11.0. The summed E-state index contributed by atoms with van der Waals surface area (Å²) in [4.78, 5) is 11.2. The van der Waals surface area contributed by atoms with Gasteiger partial charge in [0.25, 0.3) is 0 Å². The van der Waals surface area contributed by atoms with E-state index in [1.54, 1.807) is 0 Å². The number of hydrogen-bond donors (Lipinski definition) is 1. The molecule has 0 N–H and O–H groups in total. The third-order valence-electron chi connectivity index (χ3n) is 2.08. The smallest absolute Gasteiger partial charge is 0.198 e. The Morgan fingerprint density at radius 3 is 2.15 bits per heavy atom. The normalized spacial score (nSPS) is 14.7. The van der Waals surface area contributed by atoms with Crippen LogP contribution in [0.25, 0.3) is 0 Å². The molecule has 0 aromatic rings. The van der Waals surface area contributed by atoms with Crippen molar-refractivity contribution in [3.8, 4) is 0 Å². The molecule has 0 bridgehead atoms. The molecule has 78 valence electrons. The van der Waals surface area contributed by atoms with Crippen molar-refractivity contribution < 1.29 is 9.22 Å². The molecule has 0 amide bonds. The Morgan fingerprint density at radius 2 is 1.92 bits per heavy atom. The Morgan fingerprint density at radius 1 is 1.46 bits per heavy atom. The van der Waals surface area contributed by atoms with Crippen LogP contribution in [0.3, 0.4) is 0 Å². The highest BCUT2D eigenvalue weighted by Gasteiger charge is 2.36. The molecule has 0 radical (unpaired) electrons. The van der Waals surface area contributed by atoms with Crippen molar-refractivity contribution >= 4 is 26.1 Å². The topological polar surface area (TPSA) is 26.3 Å². The first-order valence-electron chi connectivity index (χ1n) is 4.71.